The summed E-state index contributed by atoms with van der Waals surface area (Å²) >= 11 is 0. The molecule has 0 aliphatic carbocycles. The van der Waals surface area contributed by atoms with Gasteiger partial charge in [-0.2, -0.15) is 0 Å². The first-order valence-corrected chi connectivity index (χ1v) is 5.04. The summed E-state index contributed by atoms with van der Waals surface area (Å²) in [5, 5.41) is 21.6. The topological polar surface area (TPSA) is 110 Å². The van der Waals surface area contributed by atoms with Crippen molar-refractivity contribution in [1.29, 1.82) is 0 Å². The molecule has 0 saturated carbocycles. The Balaban J connectivity index is 0.00000324. The third-order valence-electron chi connectivity index (χ3n) is 2.01. The maximum atomic E-state index is 11.6. The Morgan fingerprint density at radius 1 is 1.32 bits per heavy atom. The molecule has 1 aromatic carbocycles. The maximum absolute atomic E-state index is 11.6. The van der Waals surface area contributed by atoms with Gasteiger partial charge in [-0.05, 0) is 19.9 Å². The van der Waals surface area contributed by atoms with Gasteiger partial charge in [-0.25, -0.2) is 4.79 Å². The van der Waals surface area contributed by atoms with Crippen molar-refractivity contribution in [2.75, 3.05) is 0 Å². The van der Waals surface area contributed by atoms with Gasteiger partial charge < -0.3 is 14.6 Å². The number of benzene rings is 1. The molecule has 0 fully saturated rings. The second-order valence-corrected chi connectivity index (χ2v) is 3.70. The van der Waals surface area contributed by atoms with Gasteiger partial charge >= 0.3 is 35.5 Å². The number of rotatable bonds is 4. The van der Waals surface area contributed by atoms with Crippen LogP contribution in [0, 0.1) is 10.1 Å². The molecule has 0 unspecified atom stereocenters. The van der Waals surface area contributed by atoms with E-state index in [1.54, 1.807) is 13.8 Å². The number of carboxylic acids is 1. The number of hydrogen-bond acceptors (Lipinski definition) is 6. The van der Waals surface area contributed by atoms with E-state index in [1.165, 1.54) is 6.07 Å². The number of carboxylic acid groups (broad SMARTS) is 1. The molecule has 1 aromatic rings. The zero-order valence-corrected chi connectivity index (χ0v) is 12.7. The van der Waals surface area contributed by atoms with E-state index in [4.69, 9.17) is 4.74 Å². The minimum absolute atomic E-state index is 0. The summed E-state index contributed by atoms with van der Waals surface area (Å²) in [6.07, 6.45) is -0.466. The molecule has 0 amide bonds. The van der Waals surface area contributed by atoms with Crippen molar-refractivity contribution >= 4 is 17.6 Å². The van der Waals surface area contributed by atoms with Crippen LogP contribution in [-0.2, 0) is 4.74 Å². The molecule has 8 heteroatoms. The summed E-state index contributed by atoms with van der Waals surface area (Å²) in [6.45, 7) is 3.15. The molecule has 0 N–H and O–H groups in total. The fourth-order valence-corrected chi connectivity index (χ4v) is 1.35. The number of aromatic carboxylic acids is 1. The first-order valence-electron chi connectivity index (χ1n) is 5.04. The minimum atomic E-state index is -1.79. The van der Waals surface area contributed by atoms with Crippen molar-refractivity contribution in [3.05, 3.63) is 39.4 Å². The average molecular weight is 275 g/mol. The number of nitro groups is 1. The van der Waals surface area contributed by atoms with Gasteiger partial charge in [0.15, 0.2) is 0 Å². The van der Waals surface area contributed by atoms with Crippen LogP contribution < -0.4 is 34.7 Å². The number of carbonyl (C=O) groups is 2. The molecule has 1 rings (SSSR count). The van der Waals surface area contributed by atoms with Crippen molar-refractivity contribution in [2.45, 2.75) is 20.0 Å². The van der Waals surface area contributed by atoms with Crippen LogP contribution >= 0.6 is 0 Å². The molecule has 0 radical (unpaired) electrons. The second-order valence-electron chi connectivity index (χ2n) is 3.70. The fraction of sp³-hybridized carbons (Fsp3) is 0.273. The van der Waals surface area contributed by atoms with Crippen LogP contribution in [0.4, 0.5) is 5.69 Å². The summed E-state index contributed by atoms with van der Waals surface area (Å²) in [4.78, 5) is 32.3. The minimum Gasteiger partial charge on any atom is -0.545 e. The van der Waals surface area contributed by atoms with E-state index in [9.17, 15) is 24.8 Å². The monoisotopic (exact) mass is 275 g/mol. The van der Waals surface area contributed by atoms with E-state index in [1.807, 2.05) is 0 Å². The SMILES string of the molecule is CC(C)OC(=O)c1cccc([N+](=O)[O-])c1C(=O)[O-].[Na+]. The van der Waals surface area contributed by atoms with E-state index in [0.29, 0.717) is 0 Å². The molecule has 19 heavy (non-hydrogen) atoms. The normalized spacial score (nSPS) is 9.63. The van der Waals surface area contributed by atoms with Crippen molar-refractivity contribution in [3.8, 4) is 0 Å². The molecule has 0 heterocycles. The van der Waals surface area contributed by atoms with E-state index in [0.717, 1.165) is 12.1 Å². The van der Waals surface area contributed by atoms with Crippen LogP contribution in [0.1, 0.15) is 34.6 Å². The van der Waals surface area contributed by atoms with E-state index < -0.39 is 39.8 Å². The van der Waals surface area contributed by atoms with Gasteiger partial charge in [0.05, 0.1) is 28.1 Å². The summed E-state index contributed by atoms with van der Waals surface area (Å²) in [5.41, 5.74) is -1.86. The Labute approximate surface area is 131 Å². The van der Waals surface area contributed by atoms with Gasteiger partial charge in [-0.1, -0.05) is 6.07 Å². The molecule has 0 aromatic heterocycles. The van der Waals surface area contributed by atoms with Crippen LogP contribution in [0.25, 0.3) is 0 Å². The van der Waals surface area contributed by atoms with Gasteiger partial charge in [0, 0.05) is 6.07 Å². The van der Waals surface area contributed by atoms with Crippen molar-refractivity contribution in [1.82, 2.24) is 0 Å². The Morgan fingerprint density at radius 3 is 2.32 bits per heavy atom. The largest absolute Gasteiger partial charge is 1.00 e. The molecule has 0 bridgehead atoms. The quantitative estimate of drug-likeness (QED) is 0.260. The Kier molecular flexibility index (Phi) is 6.68. The number of nitrogens with zero attached hydrogens (tertiary/aromatic N) is 1. The van der Waals surface area contributed by atoms with Gasteiger partial charge in [-0.3, -0.25) is 10.1 Å². The van der Waals surface area contributed by atoms with Crippen LogP contribution in [0.3, 0.4) is 0 Å². The number of hydrogen-bond donors (Lipinski definition) is 0. The Hall–Kier alpha value is -1.44. The van der Waals surface area contributed by atoms with Crippen LogP contribution in [0.5, 0.6) is 0 Å². The fourth-order valence-electron chi connectivity index (χ4n) is 1.35. The molecule has 7 nitrogen and oxygen atoms in total. The molecule has 0 spiro atoms. The zero-order chi connectivity index (χ0) is 13.9. The smallest absolute Gasteiger partial charge is 0.545 e. The van der Waals surface area contributed by atoms with Gasteiger partial charge in [0.2, 0.25) is 0 Å². The van der Waals surface area contributed by atoms with Gasteiger partial charge in [0.25, 0.3) is 5.69 Å². The molecule has 0 aliphatic rings. The number of nitro benzene ring substituents is 1. The third kappa shape index (κ3) is 4.30. The number of carbonyl (C=O) groups excluding carboxylic acids is 2. The average Bonchev–Trinajstić information content (AvgIpc) is 2.26. The zero-order valence-electron chi connectivity index (χ0n) is 10.7. The first kappa shape index (κ1) is 17.6. The standard InChI is InChI=1S/C11H11NO6.Na/c1-6(2)18-11(15)7-4-3-5-8(12(16)17)9(7)10(13)14;/h3-6H,1-2H3,(H,13,14);/q;+1/p-1. The number of ether oxygens (including phenoxy) is 1. The molecule has 0 saturated heterocycles. The molecular weight excluding hydrogens is 265 g/mol. The van der Waals surface area contributed by atoms with Crippen molar-refractivity contribution < 1.29 is 53.9 Å². The van der Waals surface area contributed by atoms with Crippen LogP contribution in [-0.4, -0.2) is 23.0 Å². The Morgan fingerprint density at radius 2 is 1.89 bits per heavy atom. The third-order valence-corrected chi connectivity index (χ3v) is 2.01. The van der Waals surface area contributed by atoms with Crippen LogP contribution in [0.2, 0.25) is 0 Å². The Bertz CT molecular complexity index is 514. The molecule has 96 valence electrons. The van der Waals surface area contributed by atoms with Crippen LogP contribution in [0.15, 0.2) is 18.2 Å². The van der Waals surface area contributed by atoms with Gasteiger partial charge in [0.1, 0.15) is 0 Å². The summed E-state index contributed by atoms with van der Waals surface area (Å²) in [5.74, 6) is -2.73. The molecule has 0 atom stereocenters. The van der Waals surface area contributed by atoms with Crippen molar-refractivity contribution in [3.63, 3.8) is 0 Å². The van der Waals surface area contributed by atoms with E-state index in [2.05, 4.69) is 0 Å². The predicted molar refractivity (Wildman–Crippen MR) is 58.0 cm³/mol. The summed E-state index contributed by atoms with van der Waals surface area (Å²) in [6, 6.07) is 3.33. The second kappa shape index (κ2) is 7.22. The van der Waals surface area contributed by atoms with Crippen molar-refractivity contribution in [2.24, 2.45) is 0 Å². The maximum Gasteiger partial charge on any atom is 1.00 e. The van der Waals surface area contributed by atoms with Gasteiger partial charge in [-0.15, -0.1) is 0 Å². The molecule has 0 aliphatic heterocycles. The summed E-state index contributed by atoms with van der Waals surface area (Å²) in [7, 11) is 0. The number of esters is 1. The summed E-state index contributed by atoms with van der Waals surface area (Å²) < 4.78 is 4.81. The predicted octanol–water partition coefficient (Wildman–Crippen LogP) is -2.47. The molecular formula is C11H10NNaO6. The van der Waals surface area contributed by atoms with E-state index in [-0.39, 0.29) is 29.6 Å². The van der Waals surface area contributed by atoms with E-state index >= 15 is 0 Å². The first-order chi connectivity index (χ1) is 8.34.